The van der Waals surface area contributed by atoms with Crippen LogP contribution in [0, 0.1) is 20.8 Å². The van der Waals surface area contributed by atoms with E-state index in [2.05, 4.69) is 4.72 Å². The van der Waals surface area contributed by atoms with Crippen LogP contribution in [0.4, 0.5) is 0 Å². The molecular formula is C14H21NO4S. The van der Waals surface area contributed by atoms with Crippen LogP contribution in [0.3, 0.4) is 0 Å². The SMILES string of the molecule is Cc1cc(C)c(S(=O)(=O)NCCCCC(=O)O)c(C)c1. The van der Waals surface area contributed by atoms with Gasteiger partial charge in [-0.25, -0.2) is 13.1 Å². The highest BCUT2D eigenvalue weighted by atomic mass is 32.2. The molecule has 0 bridgehead atoms. The smallest absolute Gasteiger partial charge is 0.303 e. The zero-order valence-electron chi connectivity index (χ0n) is 12.1. The third-order valence-corrected chi connectivity index (χ3v) is 4.75. The van der Waals surface area contributed by atoms with Gasteiger partial charge in [-0.15, -0.1) is 0 Å². The van der Waals surface area contributed by atoms with Gasteiger partial charge in [-0.05, 0) is 44.7 Å². The summed E-state index contributed by atoms with van der Waals surface area (Å²) in [7, 11) is -3.54. The average molecular weight is 299 g/mol. The van der Waals surface area contributed by atoms with Gasteiger partial charge in [0.2, 0.25) is 10.0 Å². The Morgan fingerprint density at radius 2 is 1.70 bits per heavy atom. The second-order valence-electron chi connectivity index (χ2n) is 4.98. The van der Waals surface area contributed by atoms with Gasteiger partial charge in [0.1, 0.15) is 0 Å². The summed E-state index contributed by atoms with van der Waals surface area (Å²) < 4.78 is 27.0. The van der Waals surface area contributed by atoms with Gasteiger partial charge >= 0.3 is 5.97 Å². The van der Waals surface area contributed by atoms with E-state index in [9.17, 15) is 13.2 Å². The zero-order valence-corrected chi connectivity index (χ0v) is 12.9. The monoisotopic (exact) mass is 299 g/mol. The number of hydrogen-bond donors (Lipinski definition) is 2. The van der Waals surface area contributed by atoms with Crippen molar-refractivity contribution in [3.05, 3.63) is 28.8 Å². The van der Waals surface area contributed by atoms with Gasteiger partial charge in [-0.3, -0.25) is 4.79 Å². The van der Waals surface area contributed by atoms with E-state index in [1.54, 1.807) is 13.8 Å². The number of nitrogens with one attached hydrogen (secondary N) is 1. The summed E-state index contributed by atoms with van der Waals surface area (Å²) in [6, 6.07) is 3.68. The second kappa shape index (κ2) is 6.85. The Bertz CT molecular complexity index is 570. The van der Waals surface area contributed by atoms with Crippen molar-refractivity contribution in [2.75, 3.05) is 6.54 Å². The molecule has 1 aromatic carbocycles. The van der Waals surface area contributed by atoms with Gasteiger partial charge < -0.3 is 5.11 Å². The fourth-order valence-corrected chi connectivity index (χ4v) is 3.79. The van der Waals surface area contributed by atoms with E-state index in [1.165, 1.54) is 0 Å². The topological polar surface area (TPSA) is 83.5 Å². The minimum Gasteiger partial charge on any atom is -0.481 e. The number of sulfonamides is 1. The summed E-state index contributed by atoms with van der Waals surface area (Å²) in [6.07, 6.45) is 1.03. The number of benzene rings is 1. The highest BCUT2D eigenvalue weighted by molar-refractivity contribution is 7.89. The van der Waals surface area contributed by atoms with Crippen LogP contribution in [-0.4, -0.2) is 26.0 Å². The fourth-order valence-electron chi connectivity index (χ4n) is 2.27. The molecule has 0 atom stereocenters. The number of rotatable bonds is 7. The largest absolute Gasteiger partial charge is 0.481 e. The molecule has 2 N–H and O–H groups in total. The molecule has 112 valence electrons. The number of aryl methyl sites for hydroxylation is 3. The van der Waals surface area contributed by atoms with E-state index in [-0.39, 0.29) is 13.0 Å². The van der Waals surface area contributed by atoms with Crippen molar-refractivity contribution in [1.29, 1.82) is 0 Å². The molecule has 5 nitrogen and oxygen atoms in total. The predicted molar refractivity (Wildman–Crippen MR) is 77.3 cm³/mol. The maximum absolute atomic E-state index is 12.3. The number of carboxylic acid groups (broad SMARTS) is 1. The lowest BCUT2D eigenvalue weighted by Gasteiger charge is -2.13. The molecule has 0 aromatic heterocycles. The molecule has 6 heteroatoms. The Balaban J connectivity index is 2.73. The molecule has 0 fully saturated rings. The van der Waals surface area contributed by atoms with Crippen molar-refractivity contribution in [1.82, 2.24) is 4.72 Å². The fraction of sp³-hybridized carbons (Fsp3) is 0.500. The Morgan fingerprint density at radius 1 is 1.15 bits per heavy atom. The third kappa shape index (κ3) is 4.61. The van der Waals surface area contributed by atoms with Crippen LogP contribution in [-0.2, 0) is 14.8 Å². The molecule has 1 rings (SSSR count). The summed E-state index contributed by atoms with van der Waals surface area (Å²) in [5.41, 5.74) is 2.47. The van der Waals surface area contributed by atoms with E-state index >= 15 is 0 Å². The van der Waals surface area contributed by atoms with Gasteiger partial charge in [0, 0.05) is 13.0 Å². The number of unbranched alkanes of at least 4 members (excludes halogenated alkanes) is 1. The Hall–Kier alpha value is -1.40. The van der Waals surface area contributed by atoms with E-state index < -0.39 is 16.0 Å². The molecule has 0 heterocycles. The first-order valence-electron chi connectivity index (χ1n) is 6.53. The van der Waals surface area contributed by atoms with Crippen LogP contribution < -0.4 is 4.72 Å². The molecule has 0 saturated carbocycles. The van der Waals surface area contributed by atoms with Gasteiger partial charge in [0.05, 0.1) is 4.90 Å². The van der Waals surface area contributed by atoms with Crippen molar-refractivity contribution in [2.45, 2.75) is 44.9 Å². The maximum Gasteiger partial charge on any atom is 0.303 e. The molecule has 0 aliphatic rings. The second-order valence-corrected chi connectivity index (χ2v) is 6.68. The summed E-state index contributed by atoms with van der Waals surface area (Å²) in [5.74, 6) is -0.863. The molecule has 0 saturated heterocycles. The van der Waals surface area contributed by atoms with Gasteiger partial charge in [-0.2, -0.15) is 0 Å². The van der Waals surface area contributed by atoms with E-state index in [4.69, 9.17) is 5.11 Å². The van der Waals surface area contributed by atoms with Crippen molar-refractivity contribution >= 4 is 16.0 Å². The molecule has 0 amide bonds. The molecule has 0 spiro atoms. The normalized spacial score (nSPS) is 11.6. The molecular weight excluding hydrogens is 278 g/mol. The zero-order chi connectivity index (χ0) is 15.3. The standard InChI is InChI=1S/C14H21NO4S/c1-10-8-11(2)14(12(3)9-10)20(18,19)15-7-5-4-6-13(16)17/h8-9,15H,4-7H2,1-3H3,(H,16,17). The van der Waals surface area contributed by atoms with Crippen molar-refractivity contribution in [2.24, 2.45) is 0 Å². The van der Waals surface area contributed by atoms with Crippen LogP contribution in [0.25, 0.3) is 0 Å². The first kappa shape index (κ1) is 16.7. The van der Waals surface area contributed by atoms with E-state index in [0.717, 1.165) is 16.7 Å². The van der Waals surface area contributed by atoms with Crippen molar-refractivity contribution in [3.8, 4) is 0 Å². The number of hydrogen-bond acceptors (Lipinski definition) is 3. The van der Waals surface area contributed by atoms with Gasteiger partial charge in [0.15, 0.2) is 0 Å². The van der Waals surface area contributed by atoms with Crippen LogP contribution in [0.15, 0.2) is 17.0 Å². The summed E-state index contributed by atoms with van der Waals surface area (Å²) in [6.45, 7) is 5.73. The van der Waals surface area contributed by atoms with Gasteiger partial charge in [0.25, 0.3) is 0 Å². The Morgan fingerprint density at radius 3 is 2.20 bits per heavy atom. The summed E-state index contributed by atoms with van der Waals surface area (Å²) in [5, 5.41) is 8.51. The number of aliphatic carboxylic acids is 1. The highest BCUT2D eigenvalue weighted by Crippen LogP contribution is 2.21. The molecule has 0 radical (unpaired) electrons. The number of carboxylic acids is 1. The van der Waals surface area contributed by atoms with Crippen LogP contribution in [0.2, 0.25) is 0 Å². The quantitative estimate of drug-likeness (QED) is 0.756. The van der Waals surface area contributed by atoms with Crippen LogP contribution in [0.5, 0.6) is 0 Å². The third-order valence-electron chi connectivity index (χ3n) is 2.98. The Kier molecular flexibility index (Phi) is 5.71. The minimum atomic E-state index is -3.54. The lowest BCUT2D eigenvalue weighted by Crippen LogP contribution is -2.26. The summed E-state index contributed by atoms with van der Waals surface area (Å²) in [4.78, 5) is 10.7. The maximum atomic E-state index is 12.3. The molecule has 0 aliphatic heterocycles. The molecule has 20 heavy (non-hydrogen) atoms. The first-order chi connectivity index (χ1) is 9.24. The number of carbonyl (C=O) groups is 1. The lowest BCUT2D eigenvalue weighted by molar-refractivity contribution is -0.137. The van der Waals surface area contributed by atoms with Crippen LogP contribution in [0.1, 0.15) is 36.0 Å². The molecule has 1 aromatic rings. The van der Waals surface area contributed by atoms with Crippen molar-refractivity contribution in [3.63, 3.8) is 0 Å². The minimum absolute atomic E-state index is 0.0598. The average Bonchev–Trinajstić information content (AvgIpc) is 2.25. The summed E-state index contributed by atoms with van der Waals surface area (Å²) >= 11 is 0. The van der Waals surface area contributed by atoms with E-state index in [1.807, 2.05) is 19.1 Å². The van der Waals surface area contributed by atoms with Crippen molar-refractivity contribution < 1.29 is 18.3 Å². The molecule has 0 aliphatic carbocycles. The predicted octanol–water partition coefficient (Wildman–Crippen LogP) is 2.15. The molecule has 0 unspecified atom stereocenters. The van der Waals surface area contributed by atoms with Gasteiger partial charge in [-0.1, -0.05) is 17.7 Å². The Labute approximate surface area is 120 Å². The van der Waals surface area contributed by atoms with Crippen LogP contribution >= 0.6 is 0 Å². The van der Waals surface area contributed by atoms with E-state index in [0.29, 0.717) is 17.7 Å². The first-order valence-corrected chi connectivity index (χ1v) is 8.01. The lowest BCUT2D eigenvalue weighted by atomic mass is 10.1. The highest BCUT2D eigenvalue weighted by Gasteiger charge is 2.19.